The van der Waals surface area contributed by atoms with E-state index in [-0.39, 0.29) is 19.4 Å². The molecule has 0 bridgehead atoms. The van der Waals surface area contributed by atoms with Gasteiger partial charge in [0.25, 0.3) is 0 Å². The fraction of sp³-hybridized carbons (Fsp3) is 0.583. The Bertz CT molecular complexity index is 631. The molecule has 0 aromatic carbocycles. The highest BCUT2D eigenvalue weighted by Gasteiger charge is 2.45. The summed E-state index contributed by atoms with van der Waals surface area (Å²) in [6.45, 7) is 1.69. The maximum Gasteiger partial charge on any atom is 0.167 e. The number of nitrogen functional groups attached to an aromatic ring is 1. The fourth-order valence-corrected chi connectivity index (χ4v) is 2.61. The standard InChI is InChI=1S/C12H17N5O3/c1-12(4-19)2-8(20-7(12)3-18)17-6-16-9-10(13)14-5-15-11(9)17/h5-8,18-19H,2-4H2,1H3,(H2,13,14,15)/t7-,8-,12-/m1/s1. The Kier molecular flexibility index (Phi) is 3.08. The Hall–Kier alpha value is -1.77. The zero-order valence-corrected chi connectivity index (χ0v) is 11.1. The average Bonchev–Trinajstić information content (AvgIpc) is 3.01. The summed E-state index contributed by atoms with van der Waals surface area (Å²) in [5.41, 5.74) is 6.37. The summed E-state index contributed by atoms with van der Waals surface area (Å²) in [5.74, 6) is 0.315. The van der Waals surface area contributed by atoms with Crippen LogP contribution >= 0.6 is 0 Å². The first kappa shape index (κ1) is 13.2. The smallest absolute Gasteiger partial charge is 0.167 e. The summed E-state index contributed by atoms with van der Waals surface area (Å²) in [7, 11) is 0. The van der Waals surface area contributed by atoms with Crippen molar-refractivity contribution < 1.29 is 14.9 Å². The van der Waals surface area contributed by atoms with Crippen LogP contribution in [0.5, 0.6) is 0 Å². The van der Waals surface area contributed by atoms with Gasteiger partial charge in [-0.15, -0.1) is 0 Å². The number of aromatic nitrogens is 4. The van der Waals surface area contributed by atoms with E-state index >= 15 is 0 Å². The number of aliphatic hydroxyl groups is 2. The van der Waals surface area contributed by atoms with Crippen LogP contribution in [0.15, 0.2) is 12.7 Å². The molecule has 0 aliphatic carbocycles. The van der Waals surface area contributed by atoms with Crippen LogP contribution in [0.1, 0.15) is 19.6 Å². The van der Waals surface area contributed by atoms with Crippen molar-refractivity contribution in [3.63, 3.8) is 0 Å². The highest BCUT2D eigenvalue weighted by Crippen LogP contribution is 2.43. The van der Waals surface area contributed by atoms with Gasteiger partial charge in [-0.1, -0.05) is 6.92 Å². The minimum absolute atomic E-state index is 0.0571. The molecule has 2 aromatic heterocycles. The Morgan fingerprint density at radius 1 is 1.45 bits per heavy atom. The summed E-state index contributed by atoms with van der Waals surface area (Å²) in [6.07, 6.45) is 2.76. The van der Waals surface area contributed by atoms with Gasteiger partial charge in [-0.25, -0.2) is 15.0 Å². The van der Waals surface area contributed by atoms with Gasteiger partial charge in [0, 0.05) is 11.8 Å². The third-order valence-electron chi connectivity index (χ3n) is 3.96. The lowest BCUT2D eigenvalue weighted by molar-refractivity contribution is -0.0518. The van der Waals surface area contributed by atoms with Crippen molar-refractivity contribution in [2.24, 2.45) is 5.41 Å². The second kappa shape index (κ2) is 4.65. The molecule has 0 spiro atoms. The van der Waals surface area contributed by atoms with E-state index in [0.717, 1.165) is 0 Å². The molecule has 3 rings (SSSR count). The van der Waals surface area contributed by atoms with Crippen molar-refractivity contribution in [1.82, 2.24) is 19.5 Å². The number of ether oxygens (including phenoxy) is 1. The molecule has 1 aliphatic heterocycles. The Morgan fingerprint density at radius 3 is 2.90 bits per heavy atom. The van der Waals surface area contributed by atoms with Crippen LogP contribution in [0.25, 0.3) is 11.2 Å². The maximum absolute atomic E-state index is 9.54. The number of hydrogen-bond acceptors (Lipinski definition) is 7. The summed E-state index contributed by atoms with van der Waals surface area (Å²) in [5, 5.41) is 18.9. The Labute approximate surface area is 115 Å². The van der Waals surface area contributed by atoms with Crippen LogP contribution in [0, 0.1) is 5.41 Å². The molecular weight excluding hydrogens is 262 g/mol. The van der Waals surface area contributed by atoms with E-state index in [0.29, 0.717) is 23.4 Å². The predicted octanol–water partition coefficient (Wildman–Crippen LogP) is -0.313. The molecule has 1 aliphatic rings. The quantitative estimate of drug-likeness (QED) is 0.704. The van der Waals surface area contributed by atoms with Gasteiger partial charge in [-0.2, -0.15) is 0 Å². The molecule has 0 unspecified atom stereocenters. The molecule has 1 saturated heterocycles. The Balaban J connectivity index is 1.99. The van der Waals surface area contributed by atoms with E-state index < -0.39 is 11.5 Å². The summed E-state index contributed by atoms with van der Waals surface area (Å²) in [6, 6.07) is 0. The number of nitrogens with zero attached hydrogens (tertiary/aromatic N) is 4. The largest absolute Gasteiger partial charge is 0.396 e. The third kappa shape index (κ3) is 1.84. The molecule has 20 heavy (non-hydrogen) atoms. The van der Waals surface area contributed by atoms with Crippen molar-refractivity contribution >= 4 is 17.0 Å². The monoisotopic (exact) mass is 279 g/mol. The molecule has 3 atom stereocenters. The number of anilines is 1. The Morgan fingerprint density at radius 2 is 2.25 bits per heavy atom. The summed E-state index contributed by atoms with van der Waals surface area (Å²) < 4.78 is 7.58. The SMILES string of the molecule is C[C@]1(CO)C[C@H](n2cnc3c(N)ncnc32)O[C@@H]1CO. The van der Waals surface area contributed by atoms with Gasteiger partial charge in [0.1, 0.15) is 18.1 Å². The van der Waals surface area contributed by atoms with Gasteiger partial charge in [0.15, 0.2) is 11.5 Å². The lowest BCUT2D eigenvalue weighted by Crippen LogP contribution is -2.34. The van der Waals surface area contributed by atoms with Crippen molar-refractivity contribution in [3.8, 4) is 0 Å². The summed E-state index contributed by atoms with van der Waals surface area (Å²) in [4.78, 5) is 12.3. The molecule has 4 N–H and O–H groups in total. The number of nitrogens with two attached hydrogens (primary N) is 1. The first-order valence-electron chi connectivity index (χ1n) is 6.39. The number of aliphatic hydroxyl groups excluding tert-OH is 2. The highest BCUT2D eigenvalue weighted by atomic mass is 16.5. The molecule has 8 heteroatoms. The molecule has 8 nitrogen and oxygen atoms in total. The van der Waals surface area contributed by atoms with E-state index in [2.05, 4.69) is 15.0 Å². The van der Waals surface area contributed by atoms with E-state index in [1.54, 1.807) is 10.9 Å². The van der Waals surface area contributed by atoms with Crippen molar-refractivity contribution in [2.75, 3.05) is 18.9 Å². The lowest BCUT2D eigenvalue weighted by atomic mass is 9.84. The predicted molar refractivity (Wildman–Crippen MR) is 70.5 cm³/mol. The van der Waals surface area contributed by atoms with E-state index in [1.807, 2.05) is 6.92 Å². The lowest BCUT2D eigenvalue weighted by Gasteiger charge is -2.25. The number of fused-ring (bicyclic) bond motifs is 1. The average molecular weight is 279 g/mol. The fourth-order valence-electron chi connectivity index (χ4n) is 2.61. The minimum Gasteiger partial charge on any atom is -0.396 e. The zero-order chi connectivity index (χ0) is 14.3. The minimum atomic E-state index is -0.491. The maximum atomic E-state index is 9.54. The van der Waals surface area contributed by atoms with Gasteiger partial charge in [-0.05, 0) is 0 Å². The number of imidazole rings is 1. The zero-order valence-electron chi connectivity index (χ0n) is 11.1. The summed E-state index contributed by atoms with van der Waals surface area (Å²) >= 11 is 0. The van der Waals surface area contributed by atoms with Crippen molar-refractivity contribution in [1.29, 1.82) is 0 Å². The molecule has 108 valence electrons. The number of rotatable bonds is 3. The highest BCUT2D eigenvalue weighted by molar-refractivity contribution is 5.81. The van der Waals surface area contributed by atoms with Gasteiger partial charge < -0.3 is 20.7 Å². The second-order valence-corrected chi connectivity index (χ2v) is 5.36. The first-order chi connectivity index (χ1) is 9.59. The van der Waals surface area contributed by atoms with Crippen molar-refractivity contribution in [3.05, 3.63) is 12.7 Å². The van der Waals surface area contributed by atoms with Crippen LogP contribution in [0.2, 0.25) is 0 Å². The van der Waals surface area contributed by atoms with Crippen LogP contribution < -0.4 is 5.73 Å². The van der Waals surface area contributed by atoms with Crippen LogP contribution in [0.4, 0.5) is 5.82 Å². The molecular formula is C12H17N5O3. The van der Waals surface area contributed by atoms with Gasteiger partial charge >= 0.3 is 0 Å². The van der Waals surface area contributed by atoms with Crippen LogP contribution in [-0.4, -0.2) is 49.0 Å². The van der Waals surface area contributed by atoms with Gasteiger partial charge in [-0.3, -0.25) is 4.57 Å². The second-order valence-electron chi connectivity index (χ2n) is 5.36. The number of hydrogen-bond donors (Lipinski definition) is 3. The molecule has 0 radical (unpaired) electrons. The topological polar surface area (TPSA) is 119 Å². The van der Waals surface area contributed by atoms with E-state index in [1.165, 1.54) is 6.33 Å². The van der Waals surface area contributed by atoms with E-state index in [4.69, 9.17) is 10.5 Å². The van der Waals surface area contributed by atoms with Crippen molar-refractivity contribution in [2.45, 2.75) is 25.7 Å². The molecule has 3 heterocycles. The van der Waals surface area contributed by atoms with Crippen LogP contribution in [0.3, 0.4) is 0 Å². The normalized spacial score (nSPS) is 30.1. The molecule has 2 aromatic rings. The van der Waals surface area contributed by atoms with Crippen LogP contribution in [-0.2, 0) is 4.74 Å². The molecule has 1 fully saturated rings. The first-order valence-corrected chi connectivity index (χ1v) is 6.39. The van der Waals surface area contributed by atoms with Gasteiger partial charge in [0.05, 0.1) is 25.6 Å². The molecule has 0 saturated carbocycles. The van der Waals surface area contributed by atoms with E-state index in [9.17, 15) is 10.2 Å². The third-order valence-corrected chi connectivity index (χ3v) is 3.96. The molecule has 0 amide bonds. The van der Waals surface area contributed by atoms with Gasteiger partial charge in [0.2, 0.25) is 0 Å².